The van der Waals surface area contributed by atoms with E-state index in [1.807, 2.05) is 0 Å². The van der Waals surface area contributed by atoms with Gasteiger partial charge in [-0.05, 0) is 13.0 Å². The Kier molecular flexibility index (Phi) is 7.86. The van der Waals surface area contributed by atoms with E-state index >= 15 is 0 Å². The minimum atomic E-state index is -2.84. The van der Waals surface area contributed by atoms with Crippen LogP contribution in [0.3, 0.4) is 0 Å². The van der Waals surface area contributed by atoms with E-state index in [0.717, 1.165) is 26.1 Å². The Morgan fingerprint density at radius 2 is 1.79 bits per heavy atom. The maximum atomic E-state index is 11.6. The van der Waals surface area contributed by atoms with Gasteiger partial charge in [0, 0.05) is 39.9 Å². The fourth-order valence-corrected chi connectivity index (χ4v) is 3.66. The normalized spacial score (nSPS) is 22.8. The zero-order valence-electron chi connectivity index (χ0n) is 11.9. The number of ether oxygens (including phenoxy) is 2. The monoisotopic (exact) mass is 294 g/mol. The highest BCUT2D eigenvalue weighted by Gasteiger charge is 2.24. The molecule has 0 aromatic carbocycles. The molecule has 19 heavy (non-hydrogen) atoms. The van der Waals surface area contributed by atoms with Crippen LogP contribution < -0.4 is 5.32 Å². The first-order valence-electron chi connectivity index (χ1n) is 6.71. The van der Waals surface area contributed by atoms with Gasteiger partial charge in [-0.1, -0.05) is 0 Å². The summed E-state index contributed by atoms with van der Waals surface area (Å²) in [4.78, 5) is 2.25. The van der Waals surface area contributed by atoms with Crippen LogP contribution in [0.5, 0.6) is 0 Å². The summed E-state index contributed by atoms with van der Waals surface area (Å²) >= 11 is 0. The van der Waals surface area contributed by atoms with Gasteiger partial charge in [-0.25, -0.2) is 8.42 Å². The summed E-state index contributed by atoms with van der Waals surface area (Å²) in [6, 6.07) is 0.0753. The van der Waals surface area contributed by atoms with Gasteiger partial charge in [0.15, 0.2) is 9.84 Å². The number of nitrogens with zero attached hydrogens (tertiary/aromatic N) is 1. The van der Waals surface area contributed by atoms with Crippen molar-refractivity contribution in [3.8, 4) is 0 Å². The van der Waals surface area contributed by atoms with E-state index in [4.69, 9.17) is 9.47 Å². The van der Waals surface area contributed by atoms with Gasteiger partial charge >= 0.3 is 0 Å². The Labute approximate surface area is 116 Å². The minimum absolute atomic E-state index is 0.0753. The van der Waals surface area contributed by atoms with E-state index < -0.39 is 9.84 Å². The standard InChI is InChI=1S/C12H26N2O4S/c1-17-8-6-14(7-9-18-2)5-3-12-11-19(15,16)10-4-13-12/h12-13H,3-11H2,1-2H3. The van der Waals surface area contributed by atoms with E-state index in [-0.39, 0.29) is 17.5 Å². The van der Waals surface area contributed by atoms with Crippen LogP contribution >= 0.6 is 0 Å². The fourth-order valence-electron chi connectivity index (χ4n) is 2.17. The molecule has 0 bridgehead atoms. The van der Waals surface area contributed by atoms with Gasteiger partial charge in [0.05, 0.1) is 24.7 Å². The smallest absolute Gasteiger partial charge is 0.153 e. The van der Waals surface area contributed by atoms with Crippen LogP contribution in [0.25, 0.3) is 0 Å². The van der Waals surface area contributed by atoms with Gasteiger partial charge in [0.2, 0.25) is 0 Å². The summed E-state index contributed by atoms with van der Waals surface area (Å²) in [6.07, 6.45) is 0.840. The third-order valence-electron chi connectivity index (χ3n) is 3.32. The van der Waals surface area contributed by atoms with Crippen LogP contribution in [0, 0.1) is 0 Å². The summed E-state index contributed by atoms with van der Waals surface area (Å²) in [5, 5.41) is 3.27. The lowest BCUT2D eigenvalue weighted by Crippen LogP contribution is -2.46. The molecule has 1 saturated heterocycles. The van der Waals surface area contributed by atoms with Crippen LogP contribution in [-0.2, 0) is 19.3 Å². The lowest BCUT2D eigenvalue weighted by Gasteiger charge is -2.27. The van der Waals surface area contributed by atoms with Crippen molar-refractivity contribution in [1.82, 2.24) is 10.2 Å². The van der Waals surface area contributed by atoms with Gasteiger partial charge < -0.3 is 14.8 Å². The molecule has 0 amide bonds. The summed E-state index contributed by atoms with van der Waals surface area (Å²) in [5.74, 6) is 0.524. The molecular weight excluding hydrogens is 268 g/mol. The zero-order chi connectivity index (χ0) is 14.1. The quantitative estimate of drug-likeness (QED) is 0.610. The second-order valence-corrected chi connectivity index (χ2v) is 7.11. The molecule has 1 rings (SSSR count). The van der Waals surface area contributed by atoms with Crippen molar-refractivity contribution >= 4 is 9.84 Å². The molecule has 7 heteroatoms. The Morgan fingerprint density at radius 3 is 2.32 bits per heavy atom. The SMILES string of the molecule is COCCN(CCOC)CCC1CS(=O)(=O)CCN1. The van der Waals surface area contributed by atoms with Gasteiger partial charge in [-0.15, -0.1) is 0 Å². The maximum Gasteiger partial charge on any atom is 0.153 e. The van der Waals surface area contributed by atoms with Gasteiger partial charge in [-0.2, -0.15) is 0 Å². The average Bonchev–Trinajstić information content (AvgIpc) is 2.37. The van der Waals surface area contributed by atoms with Crippen molar-refractivity contribution in [3.63, 3.8) is 0 Å². The number of rotatable bonds is 9. The lowest BCUT2D eigenvalue weighted by molar-refractivity contribution is 0.112. The zero-order valence-corrected chi connectivity index (χ0v) is 12.7. The fraction of sp³-hybridized carbons (Fsp3) is 1.00. The van der Waals surface area contributed by atoms with E-state index in [1.165, 1.54) is 0 Å². The molecule has 0 aromatic rings. The first-order valence-corrected chi connectivity index (χ1v) is 8.53. The maximum absolute atomic E-state index is 11.6. The van der Waals surface area contributed by atoms with Crippen molar-refractivity contribution in [2.24, 2.45) is 0 Å². The molecule has 1 unspecified atom stereocenters. The van der Waals surface area contributed by atoms with Crippen molar-refractivity contribution < 1.29 is 17.9 Å². The molecule has 0 aromatic heterocycles. The Balaban J connectivity index is 2.32. The molecule has 1 N–H and O–H groups in total. The van der Waals surface area contributed by atoms with Crippen LogP contribution in [0.2, 0.25) is 0 Å². The highest BCUT2D eigenvalue weighted by Crippen LogP contribution is 2.06. The first-order chi connectivity index (χ1) is 9.07. The second-order valence-electron chi connectivity index (χ2n) is 4.88. The third kappa shape index (κ3) is 7.22. The van der Waals surface area contributed by atoms with Gasteiger partial charge in [0.1, 0.15) is 0 Å². The van der Waals surface area contributed by atoms with E-state index in [9.17, 15) is 8.42 Å². The first kappa shape index (κ1) is 16.8. The molecule has 1 aliphatic heterocycles. The van der Waals surface area contributed by atoms with Crippen molar-refractivity contribution in [2.75, 3.05) is 65.1 Å². The number of hydrogen-bond donors (Lipinski definition) is 1. The molecule has 0 spiro atoms. The van der Waals surface area contributed by atoms with Crippen LogP contribution in [-0.4, -0.2) is 84.5 Å². The lowest BCUT2D eigenvalue weighted by atomic mass is 10.2. The molecule has 114 valence electrons. The Hall–Kier alpha value is -0.210. The minimum Gasteiger partial charge on any atom is -0.383 e. The average molecular weight is 294 g/mol. The topological polar surface area (TPSA) is 67.9 Å². The molecule has 0 radical (unpaired) electrons. The number of hydrogen-bond acceptors (Lipinski definition) is 6. The highest BCUT2D eigenvalue weighted by molar-refractivity contribution is 7.91. The highest BCUT2D eigenvalue weighted by atomic mass is 32.2. The predicted molar refractivity (Wildman–Crippen MR) is 75.3 cm³/mol. The summed E-state index contributed by atoms with van der Waals surface area (Å²) in [6.45, 7) is 4.49. The molecule has 1 heterocycles. The number of sulfone groups is 1. The largest absolute Gasteiger partial charge is 0.383 e. The van der Waals surface area contributed by atoms with Crippen LogP contribution in [0.1, 0.15) is 6.42 Å². The van der Waals surface area contributed by atoms with E-state index in [2.05, 4.69) is 10.2 Å². The van der Waals surface area contributed by atoms with Gasteiger partial charge in [0.25, 0.3) is 0 Å². The van der Waals surface area contributed by atoms with Crippen LogP contribution in [0.15, 0.2) is 0 Å². The van der Waals surface area contributed by atoms with Crippen molar-refractivity contribution in [3.05, 3.63) is 0 Å². The predicted octanol–water partition coefficient (Wildman–Crippen LogP) is -0.642. The number of nitrogens with one attached hydrogen (secondary N) is 1. The van der Waals surface area contributed by atoms with E-state index in [1.54, 1.807) is 14.2 Å². The summed E-state index contributed by atoms with van der Waals surface area (Å²) < 4.78 is 33.3. The van der Waals surface area contributed by atoms with Crippen molar-refractivity contribution in [2.45, 2.75) is 12.5 Å². The third-order valence-corrected chi connectivity index (χ3v) is 5.05. The van der Waals surface area contributed by atoms with Crippen molar-refractivity contribution in [1.29, 1.82) is 0 Å². The molecule has 1 fully saturated rings. The Bertz CT molecular complexity index is 327. The van der Waals surface area contributed by atoms with Crippen LogP contribution in [0.4, 0.5) is 0 Å². The summed E-state index contributed by atoms with van der Waals surface area (Å²) in [5.41, 5.74) is 0. The number of methoxy groups -OCH3 is 2. The Morgan fingerprint density at radius 1 is 1.16 bits per heavy atom. The summed E-state index contributed by atoms with van der Waals surface area (Å²) in [7, 11) is 0.524. The molecule has 1 aliphatic rings. The van der Waals surface area contributed by atoms with E-state index in [0.29, 0.717) is 19.8 Å². The van der Waals surface area contributed by atoms with Gasteiger partial charge in [-0.3, -0.25) is 4.90 Å². The molecule has 0 saturated carbocycles. The molecule has 6 nitrogen and oxygen atoms in total. The molecule has 0 aliphatic carbocycles. The molecular formula is C12H26N2O4S. The second kappa shape index (κ2) is 8.86. The molecule has 1 atom stereocenters.